The van der Waals surface area contributed by atoms with E-state index in [0.29, 0.717) is 0 Å². The van der Waals surface area contributed by atoms with Crippen LogP contribution in [0.15, 0.2) is 42.0 Å². The first-order valence-electron chi connectivity index (χ1n) is 8.27. The van der Waals surface area contributed by atoms with Gasteiger partial charge in [-0.15, -0.1) is 48.0 Å². The van der Waals surface area contributed by atoms with Crippen molar-refractivity contribution in [3.8, 4) is 0 Å². The molecule has 146 valence electrons. The van der Waals surface area contributed by atoms with Crippen molar-refractivity contribution in [2.24, 2.45) is 0 Å². The molecule has 0 amide bonds. The number of nitrogens with one attached hydrogen (secondary N) is 1. The minimum atomic E-state index is -0.250. The third-order valence-electron chi connectivity index (χ3n) is 3.25. The largest absolute Gasteiger partial charge is 2.00 e. The van der Waals surface area contributed by atoms with Crippen LogP contribution in [-0.4, -0.2) is 31.1 Å². The van der Waals surface area contributed by atoms with Crippen LogP contribution in [0.1, 0.15) is 52.2 Å². The van der Waals surface area contributed by atoms with E-state index in [-0.39, 0.29) is 52.1 Å². The molecule has 1 aliphatic rings. The van der Waals surface area contributed by atoms with Crippen molar-refractivity contribution in [1.29, 1.82) is 0 Å². The fourth-order valence-corrected chi connectivity index (χ4v) is 2.44. The Bertz CT molecular complexity index is 568. The summed E-state index contributed by atoms with van der Waals surface area (Å²) in [7, 11) is 4.23. The number of allylic oxidation sites excluding steroid dienone is 2. The van der Waals surface area contributed by atoms with Gasteiger partial charge in [0.1, 0.15) is 0 Å². The smallest absolute Gasteiger partial charge is 0.673 e. The molecule has 0 saturated heterocycles. The van der Waals surface area contributed by atoms with Crippen LogP contribution in [0.4, 0.5) is 0 Å². The van der Waals surface area contributed by atoms with E-state index in [1.807, 2.05) is 20.8 Å². The molecule has 0 radical (unpaired) electrons. The number of rotatable bonds is 4. The molecular weight excluding hydrogens is 399 g/mol. The van der Waals surface area contributed by atoms with Crippen molar-refractivity contribution in [2.75, 3.05) is 20.6 Å². The Morgan fingerprint density at radius 3 is 2.04 bits per heavy atom. The molecule has 0 spiro atoms. The van der Waals surface area contributed by atoms with E-state index in [9.17, 15) is 0 Å². The fraction of sp³-hybridized carbons (Fsp3) is 0.476. The summed E-state index contributed by atoms with van der Waals surface area (Å²) in [6.07, 6.45) is 5.76. The molecule has 0 aromatic heterocycles. The first-order valence-corrected chi connectivity index (χ1v) is 8.27. The third kappa shape index (κ3) is 12.2. The Labute approximate surface area is 188 Å². The normalized spacial score (nSPS) is 12.5. The molecule has 0 saturated carbocycles. The van der Waals surface area contributed by atoms with Gasteiger partial charge in [-0.3, -0.25) is 0 Å². The summed E-state index contributed by atoms with van der Waals surface area (Å²) in [5.74, 6) is 1.38. The molecular formula is C21H34Cl2N2Ti. The maximum atomic E-state index is 6.94. The van der Waals surface area contributed by atoms with Gasteiger partial charge in [-0.2, -0.15) is 17.5 Å². The maximum absolute atomic E-state index is 6.94. The standard InChI is InChI=1S/C17H22N.C4H10N.2ClH.Ti/c1-13(2)16-7-5-6-8-17(16)15-10-9-14(11-15)12-18(3)4;1-4(2,3)5;;;/h5-9,11H,10,12H2,1-4H3;5H,1-3H3;2*1H;/q2*-1;;;+2. The fourth-order valence-electron chi connectivity index (χ4n) is 2.44. The van der Waals surface area contributed by atoms with E-state index in [2.05, 4.69) is 69.3 Å². The van der Waals surface area contributed by atoms with Crippen LogP contribution in [0.5, 0.6) is 0 Å². The van der Waals surface area contributed by atoms with Crippen LogP contribution >= 0.6 is 24.8 Å². The van der Waals surface area contributed by atoms with Crippen LogP contribution in [0, 0.1) is 5.92 Å². The SMILES string of the molecule is CC(C)(C)[NH-].C[C-](C)c1ccccc1C1=CC(CN(C)C)=CC1.Cl.Cl.[Ti+2]. The molecule has 0 unspecified atom stereocenters. The van der Waals surface area contributed by atoms with Gasteiger partial charge < -0.3 is 10.6 Å². The van der Waals surface area contributed by atoms with E-state index < -0.39 is 0 Å². The van der Waals surface area contributed by atoms with E-state index >= 15 is 0 Å². The first kappa shape index (κ1) is 30.5. The molecule has 1 aliphatic carbocycles. The molecule has 0 aliphatic heterocycles. The van der Waals surface area contributed by atoms with Gasteiger partial charge in [-0.1, -0.05) is 58.4 Å². The summed E-state index contributed by atoms with van der Waals surface area (Å²) >= 11 is 0. The number of hydrogen-bond acceptors (Lipinski definition) is 1. The van der Waals surface area contributed by atoms with Crippen LogP contribution in [0.2, 0.25) is 0 Å². The van der Waals surface area contributed by atoms with Gasteiger partial charge in [0.15, 0.2) is 0 Å². The molecule has 5 heteroatoms. The summed E-state index contributed by atoms with van der Waals surface area (Å²) in [4.78, 5) is 2.22. The van der Waals surface area contributed by atoms with E-state index in [4.69, 9.17) is 5.73 Å². The molecule has 26 heavy (non-hydrogen) atoms. The van der Waals surface area contributed by atoms with Crippen molar-refractivity contribution < 1.29 is 21.7 Å². The zero-order valence-electron chi connectivity index (χ0n) is 17.1. The second-order valence-electron chi connectivity index (χ2n) is 7.69. The Balaban J connectivity index is -0.000000590. The number of benzene rings is 1. The Morgan fingerprint density at radius 1 is 1.08 bits per heavy atom. The number of hydrogen-bond donors (Lipinski definition) is 0. The second kappa shape index (κ2) is 13.9. The van der Waals surface area contributed by atoms with E-state index in [0.717, 1.165) is 13.0 Å². The molecule has 1 N–H and O–H groups in total. The maximum Gasteiger partial charge on any atom is 2.00 e. The van der Waals surface area contributed by atoms with Crippen molar-refractivity contribution in [3.63, 3.8) is 0 Å². The Kier molecular flexibility index (Phi) is 16.3. The molecule has 0 fully saturated rings. The average molecular weight is 433 g/mol. The zero-order chi connectivity index (χ0) is 17.6. The minimum absolute atomic E-state index is 0. The second-order valence-corrected chi connectivity index (χ2v) is 7.69. The molecule has 0 atom stereocenters. The van der Waals surface area contributed by atoms with Crippen LogP contribution in [-0.2, 0) is 21.7 Å². The van der Waals surface area contributed by atoms with Gasteiger partial charge in [0, 0.05) is 6.54 Å². The molecule has 1 aromatic rings. The zero-order valence-corrected chi connectivity index (χ0v) is 20.3. The van der Waals surface area contributed by atoms with Crippen molar-refractivity contribution >= 4 is 30.4 Å². The topological polar surface area (TPSA) is 27.0 Å². The van der Waals surface area contributed by atoms with Gasteiger partial charge in [-0.05, 0) is 26.1 Å². The number of likely N-dealkylation sites (N-methyl/N-ethyl adjacent to an activating group) is 1. The quantitative estimate of drug-likeness (QED) is 0.388. The van der Waals surface area contributed by atoms with Crippen molar-refractivity contribution in [2.45, 2.75) is 46.6 Å². The molecule has 0 bridgehead atoms. The minimum Gasteiger partial charge on any atom is -0.673 e. The van der Waals surface area contributed by atoms with Crippen molar-refractivity contribution in [1.82, 2.24) is 4.90 Å². The molecule has 1 aromatic carbocycles. The van der Waals surface area contributed by atoms with Crippen LogP contribution in [0.3, 0.4) is 0 Å². The van der Waals surface area contributed by atoms with E-state index in [1.165, 1.54) is 28.2 Å². The summed E-state index contributed by atoms with van der Waals surface area (Å²) in [6.45, 7) is 11.0. The van der Waals surface area contributed by atoms with Gasteiger partial charge >= 0.3 is 21.7 Å². The first-order chi connectivity index (χ1) is 10.6. The predicted octanol–water partition coefficient (Wildman–Crippen LogP) is 6.60. The summed E-state index contributed by atoms with van der Waals surface area (Å²) in [6, 6.07) is 8.71. The molecule has 2 nitrogen and oxygen atoms in total. The average Bonchev–Trinajstić information content (AvgIpc) is 2.84. The van der Waals surface area contributed by atoms with Gasteiger partial charge in [0.05, 0.1) is 0 Å². The predicted molar refractivity (Wildman–Crippen MR) is 118 cm³/mol. The summed E-state index contributed by atoms with van der Waals surface area (Å²) < 4.78 is 0. The van der Waals surface area contributed by atoms with Gasteiger partial charge in [0.25, 0.3) is 0 Å². The summed E-state index contributed by atoms with van der Waals surface area (Å²) in [5.41, 5.74) is 12.3. The number of nitrogens with zero attached hydrogens (tertiary/aromatic N) is 1. The molecule has 0 heterocycles. The Morgan fingerprint density at radius 2 is 1.58 bits per heavy atom. The number of halogens is 2. The monoisotopic (exact) mass is 432 g/mol. The van der Waals surface area contributed by atoms with Gasteiger partial charge in [0.2, 0.25) is 0 Å². The van der Waals surface area contributed by atoms with E-state index in [1.54, 1.807) is 0 Å². The van der Waals surface area contributed by atoms with Gasteiger partial charge in [-0.25, -0.2) is 0 Å². The van der Waals surface area contributed by atoms with Crippen LogP contribution in [0.25, 0.3) is 11.3 Å². The van der Waals surface area contributed by atoms with Crippen LogP contribution < -0.4 is 0 Å². The molecule has 2 rings (SSSR count). The summed E-state index contributed by atoms with van der Waals surface area (Å²) in [5, 5.41) is 0. The van der Waals surface area contributed by atoms with Crippen molar-refractivity contribution in [3.05, 3.63) is 64.8 Å². The third-order valence-corrected chi connectivity index (χ3v) is 3.25. The Hall–Kier alpha value is -0.216.